The van der Waals surface area contributed by atoms with Crippen LogP contribution in [0, 0.1) is 51.1 Å². The molecule has 1 aliphatic heterocycles. The molecule has 0 aromatic heterocycles. The number of nitrogens with zero attached hydrogens (tertiary/aromatic N) is 4. The smallest absolute Gasteiger partial charge is 0.204 e. The number of nitrogens with two attached hydrogens (primary N) is 1. The summed E-state index contributed by atoms with van der Waals surface area (Å²) in [5, 5.41) is 29.9. The molecule has 0 amide bonds. The number of rotatable bonds is 3. The van der Waals surface area contributed by atoms with Gasteiger partial charge >= 0.3 is 0 Å². The molecule has 0 radical (unpaired) electrons. The average molecular weight is 409 g/mol. The Morgan fingerprint density at radius 1 is 1.06 bits per heavy atom. The Morgan fingerprint density at radius 3 is 2.45 bits per heavy atom. The van der Waals surface area contributed by atoms with Gasteiger partial charge in [0.1, 0.15) is 5.82 Å². The first-order valence-electron chi connectivity index (χ1n) is 9.99. The zero-order valence-corrected chi connectivity index (χ0v) is 16.8. The average Bonchev–Trinajstić information content (AvgIpc) is 2.79. The summed E-state index contributed by atoms with van der Waals surface area (Å²) in [5.74, 6) is -1.28. The fourth-order valence-corrected chi connectivity index (χ4v) is 4.75. The minimum atomic E-state index is -1.68. The highest BCUT2D eigenvalue weighted by molar-refractivity contribution is 5.58. The van der Waals surface area contributed by atoms with E-state index >= 15 is 0 Å². The summed E-state index contributed by atoms with van der Waals surface area (Å²) in [6.07, 6.45) is 1.89. The van der Waals surface area contributed by atoms with Crippen molar-refractivity contribution in [2.24, 2.45) is 17.1 Å². The highest BCUT2D eigenvalue weighted by Gasteiger charge is 2.52. The molecule has 2 aliphatic rings. The molecule has 6 heteroatoms. The van der Waals surface area contributed by atoms with E-state index in [0.29, 0.717) is 30.8 Å². The fraction of sp³-hybridized carbons (Fsp3) is 0.240. The molecule has 2 atom stereocenters. The van der Waals surface area contributed by atoms with E-state index < -0.39 is 17.2 Å². The maximum atomic E-state index is 14.1. The first-order valence-corrected chi connectivity index (χ1v) is 9.99. The number of allylic oxidation sites excluding steroid dienone is 2. The standard InChI is InChI=1S/C25H20FN5/c26-19-8-4-7-18(11-19)23-20(12-27)24(30)25(15-28,16-29)22-9-10-31(14-21(22)23)13-17-5-2-1-3-6-17/h1-9,11,21,23H,10,13-14,30H2/t21-,23-/m0/s1. The van der Waals surface area contributed by atoms with Crippen LogP contribution in [0.2, 0.25) is 0 Å². The van der Waals surface area contributed by atoms with Crippen LogP contribution in [0.3, 0.4) is 0 Å². The van der Waals surface area contributed by atoms with Gasteiger partial charge in [-0.1, -0.05) is 48.5 Å². The van der Waals surface area contributed by atoms with Crippen LogP contribution in [0.5, 0.6) is 0 Å². The Morgan fingerprint density at radius 2 is 1.81 bits per heavy atom. The molecule has 2 N–H and O–H groups in total. The van der Waals surface area contributed by atoms with Gasteiger partial charge in [0.2, 0.25) is 5.41 Å². The van der Waals surface area contributed by atoms with E-state index in [1.807, 2.05) is 36.4 Å². The lowest BCUT2D eigenvalue weighted by Gasteiger charge is -2.45. The van der Waals surface area contributed by atoms with Gasteiger partial charge in [0.15, 0.2) is 0 Å². The van der Waals surface area contributed by atoms with Crippen LogP contribution in [0.25, 0.3) is 0 Å². The van der Waals surface area contributed by atoms with Crippen LogP contribution >= 0.6 is 0 Å². The summed E-state index contributed by atoms with van der Waals surface area (Å²) in [7, 11) is 0. The number of nitriles is 3. The summed E-state index contributed by atoms with van der Waals surface area (Å²) in [6, 6.07) is 22.4. The molecular weight excluding hydrogens is 389 g/mol. The third-order valence-corrected chi connectivity index (χ3v) is 6.18. The Bertz CT molecular complexity index is 1180. The predicted octanol–water partition coefficient (Wildman–Crippen LogP) is 3.75. The molecular formula is C25H20FN5. The monoisotopic (exact) mass is 409 g/mol. The third-order valence-electron chi connectivity index (χ3n) is 6.18. The molecule has 1 aliphatic carbocycles. The SMILES string of the molecule is N#CC1=C(N)C(C#N)(C#N)C2=CCN(Cc3ccccc3)C[C@@H]2[C@H]1c1cccc(F)c1. The van der Waals surface area contributed by atoms with Crippen LogP contribution in [0.1, 0.15) is 17.0 Å². The number of halogens is 1. The highest BCUT2D eigenvalue weighted by Crippen LogP contribution is 2.52. The number of hydrogen-bond acceptors (Lipinski definition) is 5. The quantitative estimate of drug-likeness (QED) is 0.778. The first-order chi connectivity index (χ1) is 15.0. The minimum Gasteiger partial charge on any atom is -0.399 e. The van der Waals surface area contributed by atoms with Crippen molar-refractivity contribution in [3.8, 4) is 18.2 Å². The largest absolute Gasteiger partial charge is 0.399 e. The Kier molecular flexibility index (Phi) is 5.30. The van der Waals surface area contributed by atoms with Gasteiger partial charge in [0.25, 0.3) is 0 Å². The van der Waals surface area contributed by atoms with Crippen molar-refractivity contribution in [1.82, 2.24) is 4.90 Å². The second kappa shape index (κ2) is 8.07. The zero-order chi connectivity index (χ0) is 22.0. The van der Waals surface area contributed by atoms with Crippen molar-refractivity contribution >= 4 is 0 Å². The van der Waals surface area contributed by atoms with Crippen molar-refractivity contribution in [2.75, 3.05) is 13.1 Å². The summed E-state index contributed by atoms with van der Waals surface area (Å²) >= 11 is 0. The van der Waals surface area contributed by atoms with Gasteiger partial charge in [-0.05, 0) is 28.8 Å². The number of benzene rings is 2. The van der Waals surface area contributed by atoms with Gasteiger partial charge < -0.3 is 5.73 Å². The molecule has 4 rings (SSSR count). The van der Waals surface area contributed by atoms with E-state index in [4.69, 9.17) is 5.73 Å². The lowest BCUT2D eigenvalue weighted by atomic mass is 9.60. The van der Waals surface area contributed by atoms with Gasteiger partial charge in [0.05, 0.1) is 29.5 Å². The molecule has 0 saturated heterocycles. The topological polar surface area (TPSA) is 101 Å². The Balaban J connectivity index is 1.84. The van der Waals surface area contributed by atoms with E-state index in [9.17, 15) is 20.2 Å². The van der Waals surface area contributed by atoms with E-state index in [-0.39, 0.29) is 17.2 Å². The maximum Gasteiger partial charge on any atom is 0.204 e. The molecule has 1 heterocycles. The Hall–Kier alpha value is -3.92. The highest BCUT2D eigenvalue weighted by atomic mass is 19.1. The third kappa shape index (κ3) is 3.36. The molecule has 0 unspecified atom stereocenters. The normalized spacial score (nSPS) is 22.5. The van der Waals surface area contributed by atoms with Crippen molar-refractivity contribution in [3.05, 3.63) is 94.5 Å². The summed E-state index contributed by atoms with van der Waals surface area (Å²) in [5.41, 5.74) is 7.07. The van der Waals surface area contributed by atoms with Crippen molar-refractivity contribution < 1.29 is 4.39 Å². The van der Waals surface area contributed by atoms with Crippen LogP contribution < -0.4 is 5.73 Å². The maximum absolute atomic E-state index is 14.1. The molecule has 0 bridgehead atoms. The lowest BCUT2D eigenvalue weighted by molar-refractivity contribution is 0.218. The predicted molar refractivity (Wildman–Crippen MR) is 113 cm³/mol. The number of hydrogen-bond donors (Lipinski definition) is 1. The van der Waals surface area contributed by atoms with Crippen LogP contribution in [0.15, 0.2) is 77.5 Å². The van der Waals surface area contributed by atoms with Gasteiger partial charge in [-0.25, -0.2) is 4.39 Å². The fourth-order valence-electron chi connectivity index (χ4n) is 4.75. The van der Waals surface area contributed by atoms with Crippen molar-refractivity contribution in [2.45, 2.75) is 12.5 Å². The molecule has 2 aromatic rings. The molecule has 0 saturated carbocycles. The molecule has 5 nitrogen and oxygen atoms in total. The van der Waals surface area contributed by atoms with Crippen molar-refractivity contribution in [1.29, 1.82) is 15.8 Å². The lowest BCUT2D eigenvalue weighted by Crippen LogP contribution is -2.47. The molecule has 0 spiro atoms. The van der Waals surface area contributed by atoms with Gasteiger partial charge in [-0.2, -0.15) is 15.8 Å². The number of fused-ring (bicyclic) bond motifs is 1. The minimum absolute atomic E-state index is 0.0479. The van der Waals surface area contributed by atoms with Crippen LogP contribution in [-0.4, -0.2) is 18.0 Å². The summed E-state index contributed by atoms with van der Waals surface area (Å²) < 4.78 is 14.1. The van der Waals surface area contributed by atoms with Gasteiger partial charge in [0, 0.05) is 31.5 Å². The second-order valence-corrected chi connectivity index (χ2v) is 7.89. The van der Waals surface area contributed by atoms with Crippen molar-refractivity contribution in [3.63, 3.8) is 0 Å². The van der Waals surface area contributed by atoms with E-state index in [2.05, 4.69) is 23.1 Å². The second-order valence-electron chi connectivity index (χ2n) is 7.89. The summed E-state index contributed by atoms with van der Waals surface area (Å²) in [6.45, 7) is 1.76. The van der Waals surface area contributed by atoms with Gasteiger partial charge in [-0.3, -0.25) is 4.90 Å². The Labute approximate surface area is 180 Å². The zero-order valence-electron chi connectivity index (χ0n) is 16.8. The van der Waals surface area contributed by atoms with E-state index in [1.54, 1.807) is 12.1 Å². The summed E-state index contributed by atoms with van der Waals surface area (Å²) in [4.78, 5) is 2.20. The van der Waals surface area contributed by atoms with E-state index in [1.165, 1.54) is 12.1 Å². The first kappa shape index (κ1) is 20.4. The molecule has 2 aromatic carbocycles. The van der Waals surface area contributed by atoms with Crippen LogP contribution in [0.4, 0.5) is 4.39 Å². The van der Waals surface area contributed by atoms with Gasteiger partial charge in [-0.15, -0.1) is 0 Å². The van der Waals surface area contributed by atoms with E-state index in [0.717, 1.165) is 5.56 Å². The molecule has 31 heavy (non-hydrogen) atoms. The van der Waals surface area contributed by atoms with Crippen LogP contribution in [-0.2, 0) is 6.54 Å². The molecule has 0 fully saturated rings. The molecule has 152 valence electrons.